The maximum absolute atomic E-state index is 12.4. The molecule has 0 aliphatic carbocycles. The van der Waals surface area contributed by atoms with Gasteiger partial charge in [0.15, 0.2) is 5.65 Å². The van der Waals surface area contributed by atoms with Gasteiger partial charge in [0.05, 0.1) is 18.4 Å². The van der Waals surface area contributed by atoms with Crippen molar-refractivity contribution >= 4 is 45.7 Å². The smallest absolute Gasteiger partial charge is 0.328 e. The molecule has 9 heteroatoms. The van der Waals surface area contributed by atoms with Gasteiger partial charge in [0.25, 0.3) is 0 Å². The molecular weight excluding hydrogens is 402 g/mol. The number of carbonyl (C=O) groups is 2. The highest BCUT2D eigenvalue weighted by Gasteiger charge is 2.23. The number of amides is 1. The lowest BCUT2D eigenvalue weighted by atomic mass is 10.0. The van der Waals surface area contributed by atoms with Gasteiger partial charge in [0.1, 0.15) is 11.6 Å². The standard InChI is InChI=1S/C21H27N5O3S/c1-5-10-26-16-9-7-6-8-14(16)18-19(26)23-21(25-24-18)30-12-17(27)22-15(11-13(2)3)20(28)29-4/h6-9,13,15H,5,10-12H2,1-4H3,(H,22,27)/t15-/m0/s1. The molecule has 160 valence electrons. The zero-order valence-corrected chi connectivity index (χ0v) is 18.5. The molecule has 0 radical (unpaired) electrons. The van der Waals surface area contributed by atoms with Crippen LogP contribution < -0.4 is 5.32 Å². The highest BCUT2D eigenvalue weighted by molar-refractivity contribution is 7.99. The molecule has 0 bridgehead atoms. The molecule has 3 rings (SSSR count). The Morgan fingerprint density at radius 3 is 2.70 bits per heavy atom. The third kappa shape index (κ3) is 4.89. The third-order valence-corrected chi connectivity index (χ3v) is 5.50. The summed E-state index contributed by atoms with van der Waals surface area (Å²) in [6.07, 6.45) is 1.48. The maximum Gasteiger partial charge on any atom is 0.328 e. The van der Waals surface area contributed by atoms with Crippen molar-refractivity contribution in [1.82, 2.24) is 25.1 Å². The molecule has 2 heterocycles. The van der Waals surface area contributed by atoms with Crippen LogP contribution in [0, 0.1) is 5.92 Å². The zero-order chi connectivity index (χ0) is 21.7. The number of hydrogen-bond acceptors (Lipinski definition) is 7. The number of aryl methyl sites for hydroxylation is 1. The predicted octanol–water partition coefficient (Wildman–Crippen LogP) is 3.19. The highest BCUT2D eigenvalue weighted by Crippen LogP contribution is 2.27. The van der Waals surface area contributed by atoms with E-state index in [0.717, 1.165) is 35.0 Å². The first-order chi connectivity index (χ1) is 14.4. The lowest BCUT2D eigenvalue weighted by Crippen LogP contribution is -2.43. The number of ether oxygens (including phenoxy) is 1. The Hall–Kier alpha value is -2.68. The van der Waals surface area contributed by atoms with E-state index < -0.39 is 12.0 Å². The van der Waals surface area contributed by atoms with E-state index in [2.05, 4.69) is 38.1 Å². The number of carbonyl (C=O) groups excluding carboxylic acids is 2. The van der Waals surface area contributed by atoms with Crippen LogP contribution in [0.1, 0.15) is 33.6 Å². The number of rotatable bonds is 9. The predicted molar refractivity (Wildman–Crippen MR) is 117 cm³/mol. The summed E-state index contributed by atoms with van der Waals surface area (Å²) < 4.78 is 6.93. The van der Waals surface area contributed by atoms with E-state index in [1.54, 1.807) is 0 Å². The Labute approximate surface area is 179 Å². The van der Waals surface area contributed by atoms with Crippen LogP contribution in [0.25, 0.3) is 22.1 Å². The molecule has 1 aromatic carbocycles. The number of fused-ring (bicyclic) bond motifs is 3. The molecule has 0 saturated carbocycles. The molecule has 0 aliphatic heterocycles. The van der Waals surface area contributed by atoms with Crippen molar-refractivity contribution in [2.24, 2.45) is 5.92 Å². The summed E-state index contributed by atoms with van der Waals surface area (Å²) in [7, 11) is 1.32. The molecule has 2 aromatic heterocycles. The molecule has 0 saturated heterocycles. The molecule has 0 spiro atoms. The van der Waals surface area contributed by atoms with Gasteiger partial charge in [-0.2, -0.15) is 0 Å². The largest absolute Gasteiger partial charge is 0.467 e. The number of benzene rings is 1. The Balaban J connectivity index is 1.76. The summed E-state index contributed by atoms with van der Waals surface area (Å²) in [5, 5.41) is 12.8. The summed E-state index contributed by atoms with van der Waals surface area (Å²) in [5.41, 5.74) is 2.60. The van der Waals surface area contributed by atoms with E-state index in [9.17, 15) is 9.59 Å². The molecular formula is C21H27N5O3S. The molecule has 0 unspecified atom stereocenters. The molecule has 1 amide bonds. The molecule has 1 N–H and O–H groups in total. The minimum Gasteiger partial charge on any atom is -0.467 e. The third-order valence-electron chi connectivity index (χ3n) is 4.66. The van der Waals surface area contributed by atoms with Crippen LogP contribution in [-0.4, -0.2) is 50.5 Å². The van der Waals surface area contributed by atoms with E-state index in [1.165, 1.54) is 18.9 Å². The number of nitrogens with one attached hydrogen (secondary N) is 1. The van der Waals surface area contributed by atoms with Gasteiger partial charge in [-0.25, -0.2) is 9.78 Å². The van der Waals surface area contributed by atoms with E-state index in [4.69, 9.17) is 4.74 Å². The Kier molecular flexibility index (Phi) is 7.25. The second-order valence-electron chi connectivity index (χ2n) is 7.50. The number of hydrogen-bond donors (Lipinski definition) is 1. The minimum atomic E-state index is -0.656. The lowest BCUT2D eigenvalue weighted by Gasteiger charge is -2.18. The second-order valence-corrected chi connectivity index (χ2v) is 8.44. The number of esters is 1. The average Bonchev–Trinajstić information content (AvgIpc) is 3.04. The van der Waals surface area contributed by atoms with Crippen molar-refractivity contribution in [3.05, 3.63) is 24.3 Å². The van der Waals surface area contributed by atoms with Crippen LogP contribution in [0.4, 0.5) is 0 Å². The van der Waals surface area contributed by atoms with Gasteiger partial charge in [0, 0.05) is 11.9 Å². The van der Waals surface area contributed by atoms with Gasteiger partial charge in [-0.15, -0.1) is 10.2 Å². The van der Waals surface area contributed by atoms with Crippen molar-refractivity contribution in [2.75, 3.05) is 12.9 Å². The number of nitrogens with zero attached hydrogens (tertiary/aromatic N) is 4. The van der Waals surface area contributed by atoms with Gasteiger partial charge in [-0.3, -0.25) is 4.79 Å². The fourth-order valence-electron chi connectivity index (χ4n) is 3.39. The molecule has 3 aromatic rings. The maximum atomic E-state index is 12.4. The van der Waals surface area contributed by atoms with Gasteiger partial charge in [0.2, 0.25) is 11.1 Å². The number of methoxy groups -OCH3 is 1. The Morgan fingerprint density at radius 2 is 2.00 bits per heavy atom. The number of para-hydroxylation sites is 1. The van der Waals surface area contributed by atoms with Crippen LogP contribution in [0.15, 0.2) is 29.4 Å². The quantitative estimate of drug-likeness (QED) is 0.412. The van der Waals surface area contributed by atoms with E-state index in [0.29, 0.717) is 11.6 Å². The molecule has 1 atom stereocenters. The van der Waals surface area contributed by atoms with Gasteiger partial charge in [-0.1, -0.05) is 50.7 Å². The fourth-order valence-corrected chi connectivity index (χ4v) is 3.99. The van der Waals surface area contributed by atoms with Crippen LogP contribution in [0.3, 0.4) is 0 Å². The Morgan fingerprint density at radius 1 is 1.23 bits per heavy atom. The number of thioether (sulfide) groups is 1. The summed E-state index contributed by atoms with van der Waals surface area (Å²) in [4.78, 5) is 29.0. The van der Waals surface area contributed by atoms with Crippen LogP contribution in [-0.2, 0) is 20.9 Å². The van der Waals surface area contributed by atoms with Gasteiger partial charge >= 0.3 is 5.97 Å². The molecule has 30 heavy (non-hydrogen) atoms. The van der Waals surface area contributed by atoms with Crippen molar-refractivity contribution in [2.45, 2.75) is 51.4 Å². The monoisotopic (exact) mass is 429 g/mol. The first kappa shape index (κ1) is 22.0. The molecule has 0 aliphatic rings. The SMILES string of the molecule is CCCn1c2ccccc2c2nnc(SCC(=O)N[C@@H](CC(C)C)C(=O)OC)nc21. The van der Waals surface area contributed by atoms with Crippen LogP contribution in [0.2, 0.25) is 0 Å². The minimum absolute atomic E-state index is 0.0901. The summed E-state index contributed by atoms with van der Waals surface area (Å²) in [6.45, 7) is 6.91. The highest BCUT2D eigenvalue weighted by atomic mass is 32.2. The fraction of sp³-hybridized carbons (Fsp3) is 0.476. The topological polar surface area (TPSA) is 99.0 Å². The van der Waals surface area contributed by atoms with E-state index >= 15 is 0 Å². The first-order valence-corrected chi connectivity index (χ1v) is 11.0. The average molecular weight is 430 g/mol. The van der Waals surface area contributed by atoms with Crippen LogP contribution >= 0.6 is 11.8 Å². The summed E-state index contributed by atoms with van der Waals surface area (Å²) in [5.74, 6) is -0.371. The Bertz CT molecular complexity index is 1050. The molecule has 0 fully saturated rings. The van der Waals surface area contributed by atoms with Crippen molar-refractivity contribution in [3.63, 3.8) is 0 Å². The summed E-state index contributed by atoms with van der Waals surface area (Å²) in [6, 6.07) is 7.38. The van der Waals surface area contributed by atoms with Gasteiger partial charge in [-0.05, 0) is 24.8 Å². The lowest BCUT2D eigenvalue weighted by molar-refractivity contribution is -0.145. The first-order valence-electron chi connectivity index (χ1n) is 10.1. The number of aromatic nitrogens is 4. The normalized spacial score (nSPS) is 12.4. The van der Waals surface area contributed by atoms with E-state index in [-0.39, 0.29) is 17.6 Å². The van der Waals surface area contributed by atoms with E-state index in [1.807, 2.05) is 32.0 Å². The van der Waals surface area contributed by atoms with Crippen molar-refractivity contribution < 1.29 is 14.3 Å². The second kappa shape index (κ2) is 9.88. The molecule has 8 nitrogen and oxygen atoms in total. The van der Waals surface area contributed by atoms with Crippen molar-refractivity contribution in [3.8, 4) is 0 Å². The van der Waals surface area contributed by atoms with Crippen molar-refractivity contribution in [1.29, 1.82) is 0 Å². The van der Waals surface area contributed by atoms with Gasteiger partial charge < -0.3 is 14.6 Å². The summed E-state index contributed by atoms with van der Waals surface area (Å²) >= 11 is 1.20. The zero-order valence-electron chi connectivity index (χ0n) is 17.7. The van der Waals surface area contributed by atoms with Crippen LogP contribution in [0.5, 0.6) is 0 Å².